The minimum Gasteiger partial charge on any atom is -0.493 e. The topological polar surface area (TPSA) is 129 Å². The second kappa shape index (κ2) is 9.39. The molecule has 0 atom stereocenters. The molecule has 0 spiro atoms. The largest absolute Gasteiger partial charge is 0.493 e. The van der Waals surface area contributed by atoms with E-state index in [2.05, 4.69) is 0 Å². The van der Waals surface area contributed by atoms with Crippen molar-refractivity contribution < 1.29 is 29.0 Å². The predicted molar refractivity (Wildman–Crippen MR) is 110 cm³/mol. The highest BCUT2D eigenvalue weighted by Gasteiger charge is 2.28. The standard InChI is InChI=1S/C20H22N4O7/c1-30-18-11-15(17(24(28)29)12-19(18)31-2)13-21-7-9-22(10-8-21)20(25)14-3-5-16(6-4-14)23(26)27/h3-6,11-12H,7-10,13H2,1-2H3/p+1. The van der Waals surface area contributed by atoms with Crippen LogP contribution in [0.15, 0.2) is 36.4 Å². The minimum absolute atomic E-state index is 0.0328. The molecule has 1 amide bonds. The summed E-state index contributed by atoms with van der Waals surface area (Å²) in [7, 11) is 2.90. The van der Waals surface area contributed by atoms with Crippen LogP contribution in [0.2, 0.25) is 0 Å². The van der Waals surface area contributed by atoms with Crippen LogP contribution in [0.1, 0.15) is 15.9 Å². The molecule has 11 heteroatoms. The van der Waals surface area contributed by atoms with Gasteiger partial charge >= 0.3 is 0 Å². The molecule has 0 saturated carbocycles. The summed E-state index contributed by atoms with van der Waals surface area (Å²) in [4.78, 5) is 36.8. The molecular formula is C20H23N4O7+. The van der Waals surface area contributed by atoms with Crippen molar-refractivity contribution in [3.8, 4) is 11.5 Å². The molecule has 2 aromatic carbocycles. The van der Waals surface area contributed by atoms with E-state index in [9.17, 15) is 25.0 Å². The molecule has 1 heterocycles. The van der Waals surface area contributed by atoms with Crippen molar-refractivity contribution in [2.45, 2.75) is 6.54 Å². The van der Waals surface area contributed by atoms with E-state index in [1.165, 1.54) is 44.6 Å². The van der Waals surface area contributed by atoms with Crippen LogP contribution in [0.4, 0.5) is 11.4 Å². The van der Waals surface area contributed by atoms with Crippen molar-refractivity contribution in [2.75, 3.05) is 40.4 Å². The SMILES string of the molecule is COc1cc(C[NH+]2CCN(C(=O)c3ccc([N+](=O)[O-])cc3)CC2)c([N+](=O)[O-])cc1OC. The number of piperazine rings is 1. The molecule has 11 nitrogen and oxygen atoms in total. The Bertz CT molecular complexity index is 986. The van der Waals surface area contributed by atoms with Crippen molar-refractivity contribution >= 4 is 17.3 Å². The first-order valence-electron chi connectivity index (χ1n) is 9.60. The third-order valence-electron chi connectivity index (χ3n) is 5.30. The number of carbonyl (C=O) groups excluding carboxylic acids is 1. The smallest absolute Gasteiger partial charge is 0.282 e. The van der Waals surface area contributed by atoms with Gasteiger partial charge in [-0.3, -0.25) is 25.0 Å². The van der Waals surface area contributed by atoms with Crippen LogP contribution in [0.3, 0.4) is 0 Å². The first-order chi connectivity index (χ1) is 14.8. The fraction of sp³-hybridized carbons (Fsp3) is 0.350. The molecule has 31 heavy (non-hydrogen) atoms. The van der Waals surface area contributed by atoms with Gasteiger partial charge in [-0.1, -0.05) is 0 Å². The van der Waals surface area contributed by atoms with E-state index in [0.717, 1.165) is 4.90 Å². The number of quaternary nitrogens is 1. The Labute approximate surface area is 178 Å². The molecule has 0 aromatic heterocycles. The zero-order chi connectivity index (χ0) is 22.5. The Balaban J connectivity index is 1.67. The van der Waals surface area contributed by atoms with Crippen LogP contribution in [0, 0.1) is 20.2 Å². The first-order valence-corrected chi connectivity index (χ1v) is 9.60. The third-order valence-corrected chi connectivity index (χ3v) is 5.30. The normalized spacial score (nSPS) is 14.2. The molecule has 1 N–H and O–H groups in total. The number of carbonyl (C=O) groups is 1. The Hall–Kier alpha value is -3.73. The number of non-ortho nitro benzene ring substituents is 1. The van der Waals surface area contributed by atoms with Gasteiger partial charge in [-0.25, -0.2) is 0 Å². The van der Waals surface area contributed by atoms with Gasteiger partial charge in [-0.2, -0.15) is 0 Å². The highest BCUT2D eigenvalue weighted by atomic mass is 16.6. The third kappa shape index (κ3) is 4.89. The average Bonchev–Trinajstić information content (AvgIpc) is 2.78. The van der Waals surface area contributed by atoms with Gasteiger partial charge in [-0.15, -0.1) is 0 Å². The highest BCUT2D eigenvalue weighted by Crippen LogP contribution is 2.34. The number of ether oxygens (including phenoxy) is 2. The van der Waals surface area contributed by atoms with Gasteiger partial charge in [0.25, 0.3) is 17.3 Å². The minimum atomic E-state index is -0.510. The monoisotopic (exact) mass is 431 g/mol. The molecule has 0 radical (unpaired) electrons. The van der Waals surface area contributed by atoms with Crippen molar-refractivity contribution in [1.82, 2.24) is 4.90 Å². The van der Waals surface area contributed by atoms with Gasteiger partial charge < -0.3 is 19.3 Å². The number of rotatable bonds is 7. The molecule has 164 valence electrons. The van der Waals surface area contributed by atoms with Crippen LogP contribution in [-0.2, 0) is 6.54 Å². The van der Waals surface area contributed by atoms with Gasteiger partial charge in [0.1, 0.15) is 6.54 Å². The van der Waals surface area contributed by atoms with Gasteiger partial charge in [0.05, 0.1) is 61.9 Å². The second-order valence-electron chi connectivity index (χ2n) is 7.12. The quantitative estimate of drug-likeness (QED) is 0.512. The van der Waals surface area contributed by atoms with E-state index in [4.69, 9.17) is 9.47 Å². The first kappa shape index (κ1) is 22.0. The highest BCUT2D eigenvalue weighted by molar-refractivity contribution is 5.94. The van der Waals surface area contributed by atoms with Crippen molar-refractivity contribution in [3.05, 3.63) is 67.8 Å². The maximum atomic E-state index is 12.7. The molecular weight excluding hydrogens is 408 g/mol. The Morgan fingerprint density at radius 3 is 2.10 bits per heavy atom. The molecule has 0 bridgehead atoms. The van der Waals surface area contributed by atoms with Gasteiger partial charge in [0.2, 0.25) is 0 Å². The number of hydrogen-bond donors (Lipinski definition) is 1. The number of nitro benzene ring substituents is 2. The number of nitro groups is 2. The molecule has 1 fully saturated rings. The fourth-order valence-electron chi connectivity index (χ4n) is 3.60. The summed E-state index contributed by atoms with van der Waals surface area (Å²) < 4.78 is 10.4. The lowest BCUT2D eigenvalue weighted by molar-refractivity contribution is -0.917. The predicted octanol–water partition coefficient (Wildman–Crippen LogP) is 1.06. The van der Waals surface area contributed by atoms with Crippen LogP contribution in [0.25, 0.3) is 0 Å². The number of nitrogens with zero attached hydrogens (tertiary/aromatic N) is 3. The molecule has 1 aliphatic heterocycles. The lowest BCUT2D eigenvalue weighted by Crippen LogP contribution is -3.13. The summed E-state index contributed by atoms with van der Waals surface area (Å²) in [5.74, 6) is 0.534. The molecule has 3 rings (SSSR count). The zero-order valence-electron chi connectivity index (χ0n) is 17.2. The maximum absolute atomic E-state index is 12.7. The summed E-state index contributed by atoms with van der Waals surface area (Å²) >= 11 is 0. The van der Waals surface area contributed by atoms with Crippen LogP contribution in [-0.4, -0.2) is 61.1 Å². The Morgan fingerprint density at radius 1 is 1.00 bits per heavy atom. The van der Waals surface area contributed by atoms with E-state index in [1.807, 2.05) is 0 Å². The van der Waals surface area contributed by atoms with Gasteiger partial charge in [-0.05, 0) is 18.2 Å². The zero-order valence-corrected chi connectivity index (χ0v) is 17.2. The van der Waals surface area contributed by atoms with Crippen LogP contribution in [0.5, 0.6) is 11.5 Å². The van der Waals surface area contributed by atoms with Gasteiger partial charge in [0, 0.05) is 17.7 Å². The fourth-order valence-corrected chi connectivity index (χ4v) is 3.60. The van der Waals surface area contributed by atoms with E-state index in [1.54, 1.807) is 11.0 Å². The summed E-state index contributed by atoms with van der Waals surface area (Å²) in [5, 5.41) is 22.3. The Morgan fingerprint density at radius 2 is 1.58 bits per heavy atom. The number of amides is 1. The molecule has 2 aromatic rings. The maximum Gasteiger partial charge on any atom is 0.282 e. The van der Waals surface area contributed by atoms with Crippen LogP contribution >= 0.6 is 0 Å². The summed E-state index contributed by atoms with van der Waals surface area (Å²) in [6.45, 7) is 2.60. The summed E-state index contributed by atoms with van der Waals surface area (Å²) in [5.41, 5.74) is 0.828. The number of nitrogens with one attached hydrogen (secondary N) is 1. The number of methoxy groups -OCH3 is 2. The second-order valence-corrected chi connectivity index (χ2v) is 7.12. The van der Waals surface area contributed by atoms with E-state index in [0.29, 0.717) is 55.3 Å². The lowest BCUT2D eigenvalue weighted by atomic mass is 10.1. The number of benzene rings is 2. The molecule has 0 aliphatic carbocycles. The van der Waals surface area contributed by atoms with E-state index >= 15 is 0 Å². The van der Waals surface area contributed by atoms with E-state index in [-0.39, 0.29) is 17.3 Å². The van der Waals surface area contributed by atoms with Crippen molar-refractivity contribution in [1.29, 1.82) is 0 Å². The molecule has 1 aliphatic rings. The average molecular weight is 431 g/mol. The van der Waals surface area contributed by atoms with Crippen LogP contribution < -0.4 is 14.4 Å². The molecule has 0 unspecified atom stereocenters. The van der Waals surface area contributed by atoms with Crippen molar-refractivity contribution in [2.24, 2.45) is 0 Å². The summed E-state index contributed by atoms with van der Waals surface area (Å²) in [6.07, 6.45) is 0. The van der Waals surface area contributed by atoms with Gasteiger partial charge in [0.15, 0.2) is 11.5 Å². The summed E-state index contributed by atoms with van der Waals surface area (Å²) in [6, 6.07) is 8.51. The molecule has 1 saturated heterocycles. The number of hydrogen-bond acceptors (Lipinski definition) is 7. The van der Waals surface area contributed by atoms with E-state index < -0.39 is 9.85 Å². The Kier molecular flexibility index (Phi) is 6.65. The van der Waals surface area contributed by atoms with Crippen molar-refractivity contribution in [3.63, 3.8) is 0 Å². The lowest BCUT2D eigenvalue weighted by Gasteiger charge is -2.32.